The molecule has 35 heavy (non-hydrogen) atoms. The van der Waals surface area contributed by atoms with Crippen molar-refractivity contribution in [3.05, 3.63) is 71.3 Å². The minimum absolute atomic E-state index is 0.265. The second kappa shape index (κ2) is 9.56. The summed E-state index contributed by atoms with van der Waals surface area (Å²) in [6.07, 6.45) is 1.56. The fourth-order valence-corrected chi connectivity index (χ4v) is 5.15. The Kier molecular flexibility index (Phi) is 6.48. The number of hydrogen-bond acceptors (Lipinski definition) is 6. The van der Waals surface area contributed by atoms with E-state index in [2.05, 4.69) is 15.0 Å². The molecule has 0 N–H and O–H groups in total. The van der Waals surface area contributed by atoms with E-state index >= 15 is 0 Å². The molecule has 0 spiro atoms. The van der Waals surface area contributed by atoms with Gasteiger partial charge in [0.25, 0.3) is 0 Å². The minimum Gasteiger partial charge on any atom is -0.354 e. The van der Waals surface area contributed by atoms with Crippen LogP contribution < -0.4 is 4.90 Å². The molecule has 2 aromatic heterocycles. The third-order valence-electron chi connectivity index (χ3n) is 7.13. The average molecular weight is 490 g/mol. The molecule has 1 aliphatic heterocycles. The summed E-state index contributed by atoms with van der Waals surface area (Å²) in [6.45, 7) is 3.17. The van der Waals surface area contributed by atoms with Gasteiger partial charge in [-0.3, -0.25) is 4.90 Å². The second-order valence-corrected chi connectivity index (χ2v) is 9.33. The molecule has 1 saturated carbocycles. The number of hydrogen-bond donors (Lipinski definition) is 0. The van der Waals surface area contributed by atoms with E-state index in [1.165, 1.54) is 18.2 Å². The molecule has 1 aliphatic carbocycles. The summed E-state index contributed by atoms with van der Waals surface area (Å²) in [4.78, 5) is 12.9. The predicted octanol–water partition coefficient (Wildman–Crippen LogP) is 5.19. The van der Waals surface area contributed by atoms with E-state index in [0.29, 0.717) is 50.3 Å². The number of pyridine rings is 1. The lowest BCUT2D eigenvalue weighted by Gasteiger charge is -2.35. The first-order valence-corrected chi connectivity index (χ1v) is 11.9. The summed E-state index contributed by atoms with van der Waals surface area (Å²) in [6, 6.07) is 9.10. The standard InChI is InChI=1S/C25H27F4N5O/c26-20-7-4-18(5-8-20)24(10-2-1-3-11-24)23-31-22(35-32-23)17-33-12-14-34(15-13-33)21-9-6-19(16-30-21)25(27,28)29/h4-9,16H,1-3,10-15,17H2. The van der Waals surface area contributed by atoms with Crippen molar-refractivity contribution in [3.8, 4) is 0 Å². The van der Waals surface area contributed by atoms with Crippen molar-refractivity contribution in [1.82, 2.24) is 20.0 Å². The number of aromatic nitrogens is 3. The van der Waals surface area contributed by atoms with Crippen LogP contribution >= 0.6 is 0 Å². The van der Waals surface area contributed by atoms with E-state index in [4.69, 9.17) is 9.51 Å². The predicted molar refractivity (Wildman–Crippen MR) is 121 cm³/mol. The summed E-state index contributed by atoms with van der Waals surface area (Å²) in [7, 11) is 0. The molecule has 2 fully saturated rings. The van der Waals surface area contributed by atoms with Gasteiger partial charge in [-0.1, -0.05) is 36.6 Å². The number of halogens is 4. The third-order valence-corrected chi connectivity index (χ3v) is 7.13. The van der Waals surface area contributed by atoms with E-state index < -0.39 is 11.7 Å². The first-order valence-electron chi connectivity index (χ1n) is 11.9. The van der Waals surface area contributed by atoms with Crippen molar-refractivity contribution >= 4 is 5.82 Å². The molecule has 2 aliphatic rings. The van der Waals surface area contributed by atoms with Crippen LogP contribution in [-0.4, -0.2) is 46.2 Å². The first kappa shape index (κ1) is 23.7. The molecule has 10 heteroatoms. The Hall–Kier alpha value is -3.01. The SMILES string of the molecule is Fc1ccc(C2(c3noc(CN4CCN(c5ccc(C(F)(F)F)cn5)CC4)n3)CCCCC2)cc1. The highest BCUT2D eigenvalue weighted by Crippen LogP contribution is 2.43. The maximum absolute atomic E-state index is 13.5. The smallest absolute Gasteiger partial charge is 0.354 e. The van der Waals surface area contributed by atoms with Gasteiger partial charge in [-0.25, -0.2) is 9.37 Å². The maximum atomic E-state index is 13.5. The van der Waals surface area contributed by atoms with Crippen LogP contribution in [0, 0.1) is 5.82 Å². The Morgan fingerprint density at radius 3 is 2.26 bits per heavy atom. The van der Waals surface area contributed by atoms with E-state index in [0.717, 1.165) is 49.9 Å². The Labute approximate surface area is 200 Å². The van der Waals surface area contributed by atoms with Crippen molar-refractivity contribution in [1.29, 1.82) is 0 Å². The Bertz CT molecular complexity index is 1120. The summed E-state index contributed by atoms with van der Waals surface area (Å²) in [5.41, 5.74) is -0.0900. The summed E-state index contributed by atoms with van der Waals surface area (Å²) in [5.74, 6) is 1.47. The molecule has 0 unspecified atom stereocenters. The molecule has 3 heterocycles. The van der Waals surface area contributed by atoms with Crippen molar-refractivity contribution < 1.29 is 22.1 Å². The highest BCUT2D eigenvalue weighted by Gasteiger charge is 2.40. The number of rotatable bonds is 5. The molecule has 5 rings (SSSR count). The maximum Gasteiger partial charge on any atom is 0.417 e. The highest BCUT2D eigenvalue weighted by atomic mass is 19.4. The van der Waals surface area contributed by atoms with Crippen molar-refractivity contribution in [3.63, 3.8) is 0 Å². The lowest BCUT2D eigenvalue weighted by atomic mass is 9.69. The van der Waals surface area contributed by atoms with Crippen LogP contribution in [0.5, 0.6) is 0 Å². The van der Waals surface area contributed by atoms with Crippen molar-refractivity contribution in [2.75, 3.05) is 31.1 Å². The van der Waals surface area contributed by atoms with Crippen LogP contribution in [0.15, 0.2) is 47.1 Å². The Morgan fingerprint density at radius 1 is 0.914 bits per heavy atom. The lowest BCUT2D eigenvalue weighted by Crippen LogP contribution is -2.46. The minimum atomic E-state index is -4.39. The second-order valence-electron chi connectivity index (χ2n) is 9.33. The number of nitrogens with zero attached hydrogens (tertiary/aromatic N) is 5. The topological polar surface area (TPSA) is 58.3 Å². The Morgan fingerprint density at radius 2 is 1.63 bits per heavy atom. The molecule has 0 amide bonds. The van der Waals surface area contributed by atoms with E-state index in [1.807, 2.05) is 17.0 Å². The average Bonchev–Trinajstić information content (AvgIpc) is 3.34. The molecule has 6 nitrogen and oxygen atoms in total. The zero-order chi connectivity index (χ0) is 24.5. The largest absolute Gasteiger partial charge is 0.417 e. The third kappa shape index (κ3) is 5.03. The van der Waals surface area contributed by atoms with Gasteiger partial charge in [-0.15, -0.1) is 0 Å². The van der Waals surface area contributed by atoms with Crippen molar-refractivity contribution in [2.45, 2.75) is 50.2 Å². The highest BCUT2D eigenvalue weighted by molar-refractivity contribution is 5.40. The number of benzene rings is 1. The van der Waals surface area contributed by atoms with Gasteiger partial charge in [0.2, 0.25) is 5.89 Å². The van der Waals surface area contributed by atoms with E-state index in [1.54, 1.807) is 0 Å². The van der Waals surface area contributed by atoms with Gasteiger partial charge in [-0.2, -0.15) is 18.2 Å². The zero-order valence-electron chi connectivity index (χ0n) is 19.3. The molecule has 1 saturated heterocycles. The van der Waals surface area contributed by atoms with Gasteiger partial charge in [-0.05, 0) is 42.7 Å². The molecule has 3 aromatic rings. The summed E-state index contributed by atoms with van der Waals surface area (Å²) >= 11 is 0. The van der Waals surface area contributed by atoms with Gasteiger partial charge in [0.05, 0.1) is 17.5 Å². The number of alkyl halides is 3. The fourth-order valence-electron chi connectivity index (χ4n) is 5.15. The number of anilines is 1. The van der Waals surface area contributed by atoms with Crippen LogP contribution in [0.25, 0.3) is 0 Å². The molecular weight excluding hydrogens is 462 g/mol. The van der Waals surface area contributed by atoms with E-state index in [9.17, 15) is 17.6 Å². The van der Waals surface area contributed by atoms with Crippen LogP contribution in [-0.2, 0) is 18.1 Å². The van der Waals surface area contributed by atoms with Gasteiger partial charge in [0.15, 0.2) is 5.82 Å². The van der Waals surface area contributed by atoms with Gasteiger partial charge < -0.3 is 9.42 Å². The first-order chi connectivity index (χ1) is 16.8. The lowest BCUT2D eigenvalue weighted by molar-refractivity contribution is -0.137. The monoisotopic (exact) mass is 489 g/mol. The van der Waals surface area contributed by atoms with Gasteiger partial charge in [0, 0.05) is 32.4 Å². The molecule has 186 valence electrons. The van der Waals surface area contributed by atoms with Crippen LogP contribution in [0.1, 0.15) is 54.9 Å². The normalized spacial score (nSPS) is 19.1. The van der Waals surface area contributed by atoms with Crippen LogP contribution in [0.2, 0.25) is 0 Å². The van der Waals surface area contributed by atoms with Crippen LogP contribution in [0.4, 0.5) is 23.4 Å². The van der Waals surface area contributed by atoms with Gasteiger partial charge in [0.1, 0.15) is 11.6 Å². The molecule has 0 bridgehead atoms. The quantitative estimate of drug-likeness (QED) is 0.460. The number of piperazine rings is 1. The Balaban J connectivity index is 1.23. The molecule has 0 atom stereocenters. The molecular formula is C25H27F4N5O. The summed E-state index contributed by atoms with van der Waals surface area (Å²) in [5, 5.41) is 4.35. The zero-order valence-corrected chi connectivity index (χ0v) is 19.3. The molecule has 0 radical (unpaired) electrons. The summed E-state index contributed by atoms with van der Waals surface area (Å²) < 4.78 is 57.5. The van der Waals surface area contributed by atoms with E-state index in [-0.39, 0.29) is 11.2 Å². The molecule has 1 aromatic carbocycles. The van der Waals surface area contributed by atoms with Gasteiger partial charge >= 0.3 is 6.18 Å². The fraction of sp³-hybridized carbons (Fsp3) is 0.480. The van der Waals surface area contributed by atoms with Crippen molar-refractivity contribution in [2.24, 2.45) is 0 Å². The van der Waals surface area contributed by atoms with Crippen LogP contribution in [0.3, 0.4) is 0 Å².